The van der Waals surface area contributed by atoms with Crippen LogP contribution in [0.15, 0.2) is 0 Å². The van der Waals surface area contributed by atoms with Gasteiger partial charge in [0, 0.05) is 13.0 Å². The highest BCUT2D eigenvalue weighted by Crippen LogP contribution is 2.33. The highest BCUT2D eigenvalue weighted by molar-refractivity contribution is 5.84. The zero-order valence-electron chi connectivity index (χ0n) is 13.6. The lowest BCUT2D eigenvalue weighted by molar-refractivity contribution is -0.153. The molecule has 0 heterocycles. The predicted octanol–water partition coefficient (Wildman–Crippen LogP) is 2.18. The molecule has 122 valence electrons. The van der Waals surface area contributed by atoms with Crippen LogP contribution in [0.1, 0.15) is 59.8 Å². The summed E-state index contributed by atoms with van der Waals surface area (Å²) in [5.74, 6) is -0.947. The van der Waals surface area contributed by atoms with E-state index in [1.807, 2.05) is 0 Å². The second-order valence-corrected chi connectivity index (χ2v) is 7.26. The molecule has 1 aliphatic rings. The van der Waals surface area contributed by atoms with Gasteiger partial charge in [-0.05, 0) is 31.6 Å². The van der Waals surface area contributed by atoms with Gasteiger partial charge in [0.25, 0.3) is 0 Å². The fourth-order valence-corrected chi connectivity index (χ4v) is 2.98. The Labute approximate surface area is 127 Å². The fraction of sp³-hybridized carbons (Fsp3) is 0.875. The quantitative estimate of drug-likeness (QED) is 0.701. The van der Waals surface area contributed by atoms with E-state index in [9.17, 15) is 19.8 Å². The molecule has 0 saturated heterocycles. The molecule has 0 spiro atoms. The highest BCUT2D eigenvalue weighted by atomic mass is 16.4. The molecule has 3 unspecified atom stereocenters. The van der Waals surface area contributed by atoms with E-state index in [0.29, 0.717) is 18.8 Å². The van der Waals surface area contributed by atoms with Crippen LogP contribution in [0.3, 0.4) is 0 Å². The van der Waals surface area contributed by atoms with Gasteiger partial charge in [-0.25, -0.2) is 0 Å². The molecular weight excluding hydrogens is 270 g/mol. The summed E-state index contributed by atoms with van der Waals surface area (Å²) in [5, 5.41) is 22.5. The van der Waals surface area contributed by atoms with E-state index in [0.717, 1.165) is 12.8 Å². The third-order valence-electron chi connectivity index (χ3n) is 4.97. The molecule has 0 aromatic heterocycles. The van der Waals surface area contributed by atoms with Gasteiger partial charge >= 0.3 is 5.97 Å². The van der Waals surface area contributed by atoms with Crippen molar-refractivity contribution in [1.29, 1.82) is 0 Å². The van der Waals surface area contributed by atoms with Gasteiger partial charge in [-0.2, -0.15) is 0 Å². The number of hydrogen-bond acceptors (Lipinski definition) is 3. The molecule has 3 atom stereocenters. The molecule has 0 aliphatic heterocycles. The lowest BCUT2D eigenvalue weighted by atomic mass is 9.76. The highest BCUT2D eigenvalue weighted by Gasteiger charge is 2.39. The predicted molar refractivity (Wildman–Crippen MR) is 80.8 cm³/mol. The van der Waals surface area contributed by atoms with Crippen LogP contribution in [0.4, 0.5) is 0 Å². The van der Waals surface area contributed by atoms with Crippen LogP contribution in [0.2, 0.25) is 0 Å². The van der Waals surface area contributed by atoms with Crippen LogP contribution in [0, 0.1) is 17.3 Å². The number of nitrogens with one attached hydrogen (secondary N) is 1. The first kappa shape index (κ1) is 18.0. The molecule has 0 aromatic rings. The lowest BCUT2D eigenvalue weighted by Gasteiger charge is -2.36. The van der Waals surface area contributed by atoms with Gasteiger partial charge in [0.05, 0.1) is 11.0 Å². The molecule has 1 fully saturated rings. The van der Waals surface area contributed by atoms with Gasteiger partial charge in [0.1, 0.15) is 0 Å². The molecule has 1 rings (SSSR count). The SMILES string of the molecule is CC1CCCC(O)(CNC(=O)CC(C)(C(=O)O)C(C)C)C1. The Morgan fingerprint density at radius 2 is 2.05 bits per heavy atom. The van der Waals surface area contributed by atoms with Crippen LogP contribution in [-0.2, 0) is 9.59 Å². The molecule has 0 bridgehead atoms. The summed E-state index contributed by atoms with van der Waals surface area (Å²) in [4.78, 5) is 23.4. The number of carboxylic acid groups (broad SMARTS) is 1. The Morgan fingerprint density at radius 1 is 1.43 bits per heavy atom. The van der Waals surface area contributed by atoms with Gasteiger partial charge in [0.2, 0.25) is 5.91 Å². The maximum Gasteiger partial charge on any atom is 0.310 e. The fourth-order valence-electron chi connectivity index (χ4n) is 2.98. The summed E-state index contributed by atoms with van der Waals surface area (Å²) in [6.45, 7) is 7.52. The normalized spacial score (nSPS) is 29.0. The topological polar surface area (TPSA) is 86.6 Å². The first-order chi connectivity index (χ1) is 9.59. The first-order valence-electron chi connectivity index (χ1n) is 7.81. The van der Waals surface area contributed by atoms with Crippen LogP contribution in [0.25, 0.3) is 0 Å². The summed E-state index contributed by atoms with van der Waals surface area (Å²) in [5.41, 5.74) is -1.92. The van der Waals surface area contributed by atoms with E-state index < -0.39 is 17.0 Å². The number of carbonyl (C=O) groups excluding carboxylic acids is 1. The first-order valence-corrected chi connectivity index (χ1v) is 7.81. The number of carboxylic acids is 1. The van der Waals surface area contributed by atoms with Crippen LogP contribution in [-0.4, -0.2) is 34.2 Å². The van der Waals surface area contributed by atoms with Crippen LogP contribution >= 0.6 is 0 Å². The summed E-state index contributed by atoms with van der Waals surface area (Å²) < 4.78 is 0. The van der Waals surface area contributed by atoms with E-state index in [2.05, 4.69) is 12.2 Å². The van der Waals surface area contributed by atoms with Crippen molar-refractivity contribution in [3.63, 3.8) is 0 Å². The molecular formula is C16H29NO4. The number of aliphatic hydroxyl groups is 1. The van der Waals surface area contributed by atoms with E-state index in [4.69, 9.17) is 0 Å². The minimum Gasteiger partial charge on any atom is -0.481 e. The second-order valence-electron chi connectivity index (χ2n) is 7.26. The Hall–Kier alpha value is -1.10. The van der Waals surface area contributed by atoms with Gasteiger partial charge in [0.15, 0.2) is 0 Å². The molecule has 5 heteroatoms. The molecule has 1 amide bonds. The number of hydrogen-bond donors (Lipinski definition) is 3. The van der Waals surface area contributed by atoms with E-state index in [1.54, 1.807) is 20.8 Å². The molecule has 0 aromatic carbocycles. The van der Waals surface area contributed by atoms with E-state index >= 15 is 0 Å². The van der Waals surface area contributed by atoms with Crippen LogP contribution < -0.4 is 5.32 Å². The summed E-state index contributed by atoms with van der Waals surface area (Å²) in [6, 6.07) is 0. The molecule has 3 N–H and O–H groups in total. The average molecular weight is 299 g/mol. The van der Waals surface area contributed by atoms with Crippen molar-refractivity contribution >= 4 is 11.9 Å². The third-order valence-corrected chi connectivity index (χ3v) is 4.97. The number of carbonyl (C=O) groups is 2. The molecule has 0 radical (unpaired) electrons. The van der Waals surface area contributed by atoms with Gasteiger partial charge in [-0.3, -0.25) is 9.59 Å². The molecule has 21 heavy (non-hydrogen) atoms. The number of amides is 1. The van der Waals surface area contributed by atoms with Gasteiger partial charge < -0.3 is 15.5 Å². The number of aliphatic carboxylic acids is 1. The molecule has 5 nitrogen and oxygen atoms in total. The van der Waals surface area contributed by atoms with Crippen molar-refractivity contribution in [2.24, 2.45) is 17.3 Å². The smallest absolute Gasteiger partial charge is 0.310 e. The van der Waals surface area contributed by atoms with E-state index in [-0.39, 0.29) is 24.8 Å². The Kier molecular flexibility index (Phi) is 5.79. The molecule has 1 aliphatic carbocycles. The standard InChI is InChI=1S/C16H29NO4/c1-11(2)15(4,14(19)20)9-13(18)17-10-16(21)7-5-6-12(3)8-16/h11-12,21H,5-10H2,1-4H3,(H,17,18)(H,19,20). The van der Waals surface area contributed by atoms with Crippen molar-refractivity contribution in [3.8, 4) is 0 Å². The lowest BCUT2D eigenvalue weighted by Crippen LogP contribution is -2.47. The Bertz CT molecular complexity index is 396. The maximum atomic E-state index is 12.0. The van der Waals surface area contributed by atoms with Crippen LogP contribution in [0.5, 0.6) is 0 Å². The minimum atomic E-state index is -1.08. The number of rotatable bonds is 6. The monoisotopic (exact) mass is 299 g/mol. The molecule has 1 saturated carbocycles. The van der Waals surface area contributed by atoms with Gasteiger partial charge in [-0.15, -0.1) is 0 Å². The zero-order valence-corrected chi connectivity index (χ0v) is 13.6. The summed E-state index contributed by atoms with van der Waals surface area (Å²) in [7, 11) is 0. The zero-order chi connectivity index (χ0) is 16.3. The van der Waals surface area contributed by atoms with Crippen molar-refractivity contribution in [2.45, 2.75) is 65.4 Å². The van der Waals surface area contributed by atoms with Crippen molar-refractivity contribution in [3.05, 3.63) is 0 Å². The maximum absolute atomic E-state index is 12.0. The largest absolute Gasteiger partial charge is 0.481 e. The van der Waals surface area contributed by atoms with Crippen molar-refractivity contribution < 1.29 is 19.8 Å². The Balaban J connectivity index is 2.55. The van der Waals surface area contributed by atoms with Crippen molar-refractivity contribution in [1.82, 2.24) is 5.32 Å². The second kappa shape index (κ2) is 6.77. The average Bonchev–Trinajstić information content (AvgIpc) is 2.35. The summed E-state index contributed by atoms with van der Waals surface area (Å²) in [6.07, 6.45) is 3.39. The van der Waals surface area contributed by atoms with Crippen molar-refractivity contribution in [2.75, 3.05) is 6.54 Å². The third kappa shape index (κ3) is 4.70. The van der Waals surface area contributed by atoms with Gasteiger partial charge in [-0.1, -0.05) is 33.6 Å². The minimum absolute atomic E-state index is 0.0639. The Morgan fingerprint density at radius 3 is 2.52 bits per heavy atom. The van der Waals surface area contributed by atoms with E-state index in [1.165, 1.54) is 0 Å². The summed E-state index contributed by atoms with van der Waals surface area (Å²) >= 11 is 0.